The Labute approximate surface area is 184 Å². The van der Waals surface area contributed by atoms with E-state index in [0.29, 0.717) is 9.79 Å². The first-order valence-corrected chi connectivity index (χ1v) is 11.5. The lowest BCUT2D eigenvalue weighted by Crippen LogP contribution is -2.04. The highest BCUT2D eigenvalue weighted by atomic mass is 32.2. The summed E-state index contributed by atoms with van der Waals surface area (Å²) in [5, 5.41) is 0. The maximum Gasteiger partial charge on any atom is 0.102 e. The minimum atomic E-state index is -3.27. The van der Waals surface area contributed by atoms with Gasteiger partial charge in [-0.1, -0.05) is 110 Å². The van der Waals surface area contributed by atoms with Crippen molar-refractivity contribution in [3.63, 3.8) is 0 Å². The lowest BCUT2D eigenvalue weighted by molar-refractivity contribution is 0.675. The average molecular weight is 422 g/mol. The van der Waals surface area contributed by atoms with Crippen molar-refractivity contribution in [3.05, 3.63) is 121 Å². The molecule has 0 unspecified atom stereocenters. The van der Waals surface area contributed by atoms with Crippen LogP contribution in [0.25, 0.3) is 34.4 Å². The van der Waals surface area contributed by atoms with Gasteiger partial charge in [0.2, 0.25) is 0 Å². The molecule has 4 aromatic rings. The summed E-state index contributed by atoms with van der Waals surface area (Å²) in [4.78, 5) is 1.02. The van der Waals surface area contributed by atoms with Gasteiger partial charge in [-0.25, -0.2) is 8.99 Å². The second-order valence-corrected chi connectivity index (χ2v) is 9.19. The van der Waals surface area contributed by atoms with E-state index in [1.807, 2.05) is 84.9 Å². The molecule has 0 aliphatic heterocycles. The molecule has 0 amide bonds. The molecule has 0 saturated heterocycles. The van der Waals surface area contributed by atoms with Gasteiger partial charge < -0.3 is 0 Å². The van der Waals surface area contributed by atoms with Crippen LogP contribution in [0.15, 0.2) is 120 Å². The molecule has 0 aliphatic rings. The van der Waals surface area contributed by atoms with E-state index < -0.39 is 9.73 Å². The maximum atomic E-state index is 14.1. The topological polar surface area (TPSA) is 40.9 Å². The third-order valence-corrected chi connectivity index (χ3v) is 7.26. The summed E-state index contributed by atoms with van der Waals surface area (Å²) in [6, 6.07) is 30.7. The van der Waals surface area contributed by atoms with E-state index in [0.717, 1.165) is 33.4 Å². The van der Waals surface area contributed by atoms with E-state index >= 15 is 0 Å². The van der Waals surface area contributed by atoms with E-state index in [1.165, 1.54) is 0 Å². The van der Waals surface area contributed by atoms with Gasteiger partial charge in [0.1, 0.15) is 9.73 Å². The van der Waals surface area contributed by atoms with Gasteiger partial charge in [-0.15, -0.1) is 0 Å². The third kappa shape index (κ3) is 4.00. The van der Waals surface area contributed by atoms with Crippen LogP contribution in [-0.2, 0) is 9.73 Å². The number of hydrogen-bond acceptors (Lipinski definition) is 2. The van der Waals surface area contributed by atoms with Crippen LogP contribution in [0.1, 0.15) is 11.1 Å². The summed E-state index contributed by atoms with van der Waals surface area (Å²) < 4.78 is 23.1. The molecule has 1 N–H and O–H groups in total. The molecule has 0 radical (unpaired) electrons. The Morgan fingerprint density at radius 2 is 0.935 bits per heavy atom. The van der Waals surface area contributed by atoms with Crippen LogP contribution in [0, 0.1) is 4.78 Å². The van der Waals surface area contributed by atoms with Crippen molar-refractivity contribution in [1.82, 2.24) is 0 Å². The van der Waals surface area contributed by atoms with Crippen LogP contribution >= 0.6 is 0 Å². The number of nitrogens with one attached hydrogen (secondary N) is 1. The molecule has 0 aliphatic carbocycles. The molecule has 0 heterocycles. The molecule has 152 valence electrons. The fourth-order valence-electron chi connectivity index (χ4n) is 3.63. The minimum absolute atomic E-state index is 0.511. The van der Waals surface area contributed by atoms with Crippen molar-refractivity contribution in [2.75, 3.05) is 0 Å². The summed E-state index contributed by atoms with van der Waals surface area (Å²) in [6.07, 6.45) is 3.58. The Morgan fingerprint density at radius 3 is 1.29 bits per heavy atom. The summed E-state index contributed by atoms with van der Waals surface area (Å²) in [7, 11) is -3.27. The van der Waals surface area contributed by atoms with Crippen molar-refractivity contribution >= 4 is 21.9 Å². The standard InChI is InChI=1S/C28H23NOS/c1-3-21-13-17-23(18-14-21)25-9-5-7-11-27(25)31(29,30)28-12-8-6-10-26(28)24-19-15-22(4-2)16-20-24/h3-20,29H,1-2H2. The van der Waals surface area contributed by atoms with Crippen LogP contribution in [0.4, 0.5) is 0 Å². The van der Waals surface area contributed by atoms with Gasteiger partial charge in [-0.3, -0.25) is 0 Å². The largest absolute Gasteiger partial charge is 0.245 e. The van der Waals surface area contributed by atoms with Crippen LogP contribution in [0.5, 0.6) is 0 Å². The predicted molar refractivity (Wildman–Crippen MR) is 131 cm³/mol. The highest BCUT2D eigenvalue weighted by molar-refractivity contribution is 7.92. The number of benzene rings is 4. The zero-order valence-electron chi connectivity index (χ0n) is 17.1. The summed E-state index contributed by atoms with van der Waals surface area (Å²) in [6.45, 7) is 7.60. The van der Waals surface area contributed by atoms with E-state index in [4.69, 9.17) is 4.78 Å². The molecule has 0 atom stereocenters. The normalized spacial score (nSPS) is 11.1. The zero-order valence-corrected chi connectivity index (χ0v) is 17.9. The van der Waals surface area contributed by atoms with Gasteiger partial charge in [0.05, 0.1) is 9.79 Å². The molecule has 31 heavy (non-hydrogen) atoms. The monoisotopic (exact) mass is 421 g/mol. The third-order valence-electron chi connectivity index (χ3n) is 5.31. The highest BCUT2D eigenvalue weighted by Gasteiger charge is 2.21. The second kappa shape index (κ2) is 8.58. The fraction of sp³-hybridized carbons (Fsp3) is 0. The van der Waals surface area contributed by atoms with Crippen LogP contribution in [0.3, 0.4) is 0 Å². The van der Waals surface area contributed by atoms with Crippen LogP contribution < -0.4 is 0 Å². The summed E-state index contributed by atoms with van der Waals surface area (Å²) in [5.41, 5.74) is 5.48. The van der Waals surface area contributed by atoms with Crippen molar-refractivity contribution in [3.8, 4) is 22.3 Å². The Kier molecular flexibility index (Phi) is 5.70. The van der Waals surface area contributed by atoms with E-state index in [2.05, 4.69) is 13.2 Å². The van der Waals surface area contributed by atoms with E-state index in [1.54, 1.807) is 24.3 Å². The quantitative estimate of drug-likeness (QED) is 0.339. The van der Waals surface area contributed by atoms with Gasteiger partial charge in [0.15, 0.2) is 0 Å². The van der Waals surface area contributed by atoms with Crippen molar-refractivity contribution in [2.45, 2.75) is 9.79 Å². The molecule has 0 saturated carbocycles. The molecule has 0 aromatic heterocycles. The second-order valence-electron chi connectivity index (χ2n) is 7.20. The Balaban J connectivity index is 1.87. The predicted octanol–water partition coefficient (Wildman–Crippen LogP) is 7.77. The van der Waals surface area contributed by atoms with Crippen molar-refractivity contribution < 1.29 is 4.21 Å². The molecule has 0 bridgehead atoms. The van der Waals surface area contributed by atoms with Crippen LogP contribution in [0.2, 0.25) is 0 Å². The Bertz CT molecular complexity index is 1250. The highest BCUT2D eigenvalue weighted by Crippen LogP contribution is 2.36. The molecule has 4 aromatic carbocycles. The van der Waals surface area contributed by atoms with Crippen molar-refractivity contribution in [2.24, 2.45) is 0 Å². The molecular weight excluding hydrogens is 398 g/mol. The van der Waals surface area contributed by atoms with Gasteiger partial charge in [-0.2, -0.15) is 0 Å². The molecular formula is C28H23NOS. The zero-order chi connectivity index (χ0) is 21.8. The first kappa shape index (κ1) is 20.6. The molecule has 2 nitrogen and oxygen atoms in total. The lowest BCUT2D eigenvalue weighted by Gasteiger charge is -2.17. The SMILES string of the molecule is C=Cc1ccc(-c2ccccc2S(=N)(=O)c2ccccc2-c2ccc(C=C)cc2)cc1. The Hall–Kier alpha value is -3.69. The molecule has 3 heteroatoms. The smallest absolute Gasteiger partial charge is 0.102 e. The number of hydrogen-bond donors (Lipinski definition) is 1. The van der Waals surface area contributed by atoms with Crippen LogP contribution in [-0.4, -0.2) is 4.21 Å². The van der Waals surface area contributed by atoms with Gasteiger partial charge in [0.25, 0.3) is 0 Å². The van der Waals surface area contributed by atoms with Gasteiger partial charge in [-0.05, 0) is 45.5 Å². The molecule has 4 rings (SSSR count). The fourth-order valence-corrected chi connectivity index (χ4v) is 5.40. The maximum absolute atomic E-state index is 14.1. The average Bonchev–Trinajstić information content (AvgIpc) is 2.84. The Morgan fingerprint density at radius 1 is 0.581 bits per heavy atom. The van der Waals surface area contributed by atoms with Gasteiger partial charge in [0, 0.05) is 0 Å². The minimum Gasteiger partial charge on any atom is -0.245 e. The first-order valence-electron chi connectivity index (χ1n) is 9.97. The van der Waals surface area contributed by atoms with Crippen molar-refractivity contribution in [1.29, 1.82) is 4.78 Å². The lowest BCUT2D eigenvalue weighted by atomic mass is 10.0. The summed E-state index contributed by atoms with van der Waals surface area (Å²) >= 11 is 0. The molecule has 0 fully saturated rings. The first-order chi connectivity index (χ1) is 15.0. The summed E-state index contributed by atoms with van der Waals surface area (Å²) in [5.74, 6) is 0. The molecule has 0 spiro atoms. The van der Waals surface area contributed by atoms with E-state index in [-0.39, 0.29) is 0 Å². The number of rotatable bonds is 6. The van der Waals surface area contributed by atoms with Gasteiger partial charge >= 0.3 is 0 Å². The van der Waals surface area contributed by atoms with E-state index in [9.17, 15) is 4.21 Å².